The Labute approximate surface area is 799 Å². The van der Waals surface area contributed by atoms with Crippen LogP contribution in [0, 0.1) is 0 Å². The summed E-state index contributed by atoms with van der Waals surface area (Å²) in [7, 11) is 0. The van der Waals surface area contributed by atoms with Gasteiger partial charge in [0.15, 0.2) is 0 Å². The van der Waals surface area contributed by atoms with E-state index in [0.29, 0.717) is 11.8 Å². The number of anilines is 12. The smallest absolute Gasteiger partial charge is 0.0540 e. The van der Waals surface area contributed by atoms with Crippen LogP contribution in [0.1, 0.15) is 35.8 Å². The zero-order chi connectivity index (χ0) is 90.6. The SMILES string of the molecule is C1=CC2CCC1c1c(-c3ccc(N(c4ccccc4)c4ccc5ccc6cccc7ccc4c5c67)cc3)ccc(-c3ccc(N(c4ccccc4)c4ccc5ccc6cccc7ccc4c5c67)cc3)c12.c1ccc(N(c2ccc(-c3ccc(-c4ccc(N(c5ccccc5)c5ccc6ccc7cccc8ccc5c6c78)cc4)c4ccccc34)cc2)c2ccc3ccc4cccc5ccc2c3c45)cc1. The summed E-state index contributed by atoms with van der Waals surface area (Å²) in [6.45, 7) is 0. The number of benzene rings is 27. The van der Waals surface area contributed by atoms with Gasteiger partial charge in [0.05, 0.1) is 22.7 Å². The van der Waals surface area contributed by atoms with Crippen LogP contribution in [0.25, 0.3) is 185 Å². The molecule has 0 fully saturated rings. The lowest BCUT2D eigenvalue weighted by molar-refractivity contribution is 0.555. The third-order valence-electron chi connectivity index (χ3n) is 30.1. The van der Waals surface area contributed by atoms with Crippen LogP contribution in [0.5, 0.6) is 0 Å². The Bertz CT molecular complexity index is 8840. The summed E-state index contributed by atoms with van der Waals surface area (Å²) >= 11 is 0. The summed E-state index contributed by atoms with van der Waals surface area (Å²) in [6.07, 6.45) is 7.34. The molecular formula is C134H88N4. The molecular weight excluding hydrogens is 1670 g/mol. The molecule has 27 aromatic carbocycles. The van der Waals surface area contributed by atoms with Gasteiger partial charge >= 0.3 is 0 Å². The molecule has 3 aliphatic carbocycles. The van der Waals surface area contributed by atoms with Crippen molar-refractivity contribution in [1.82, 2.24) is 0 Å². The van der Waals surface area contributed by atoms with Crippen molar-refractivity contribution in [2.75, 3.05) is 19.6 Å². The summed E-state index contributed by atoms with van der Waals surface area (Å²) in [5.41, 5.74) is 26.7. The fraction of sp³-hybridized carbons (Fsp3) is 0.0299. The van der Waals surface area contributed by atoms with Gasteiger partial charge in [-0.25, -0.2) is 0 Å². The summed E-state index contributed by atoms with van der Waals surface area (Å²) in [5, 5.41) is 33.4. The minimum atomic E-state index is 0.398. The van der Waals surface area contributed by atoms with Crippen molar-refractivity contribution in [2.24, 2.45) is 0 Å². The summed E-state index contributed by atoms with van der Waals surface area (Å²) in [6, 6.07) is 180. The van der Waals surface area contributed by atoms with Crippen molar-refractivity contribution < 1.29 is 0 Å². The zero-order valence-electron chi connectivity index (χ0n) is 75.7. The van der Waals surface area contributed by atoms with Crippen LogP contribution in [0.15, 0.2) is 497 Å². The average molecular weight is 1750 g/mol. The molecule has 0 aromatic heterocycles. The van der Waals surface area contributed by atoms with Crippen molar-refractivity contribution in [1.29, 1.82) is 0 Å². The number of para-hydroxylation sites is 4. The number of hydrogen-bond donors (Lipinski definition) is 0. The van der Waals surface area contributed by atoms with Gasteiger partial charge in [-0.15, -0.1) is 0 Å². The van der Waals surface area contributed by atoms with E-state index in [1.165, 1.54) is 231 Å². The molecule has 0 saturated carbocycles. The fourth-order valence-corrected chi connectivity index (χ4v) is 23.9. The minimum absolute atomic E-state index is 0.398. The van der Waals surface area contributed by atoms with Gasteiger partial charge in [-0.05, 0) is 308 Å². The Morgan fingerprint density at radius 3 is 0.572 bits per heavy atom. The molecule has 0 aliphatic heterocycles. The molecule has 0 amide bonds. The fourth-order valence-electron chi connectivity index (χ4n) is 23.9. The Kier molecular flexibility index (Phi) is 18.3. The van der Waals surface area contributed by atoms with Crippen LogP contribution in [0.4, 0.5) is 68.2 Å². The molecule has 3 aliphatic rings. The molecule has 0 spiro atoms. The maximum Gasteiger partial charge on any atom is 0.0540 e. The summed E-state index contributed by atoms with van der Waals surface area (Å²) in [5.74, 6) is 0.796. The van der Waals surface area contributed by atoms with Gasteiger partial charge in [0.25, 0.3) is 0 Å². The van der Waals surface area contributed by atoms with Gasteiger partial charge in [-0.3, -0.25) is 0 Å². The normalized spacial score (nSPS) is 13.6. The average Bonchev–Trinajstić information content (AvgIpc) is 0.745. The van der Waals surface area contributed by atoms with Crippen molar-refractivity contribution >= 4 is 208 Å². The van der Waals surface area contributed by atoms with E-state index in [-0.39, 0.29) is 0 Å². The molecule has 0 radical (unpaired) electrons. The van der Waals surface area contributed by atoms with E-state index in [1.807, 2.05) is 0 Å². The Morgan fingerprint density at radius 2 is 0.333 bits per heavy atom. The zero-order valence-corrected chi connectivity index (χ0v) is 75.7. The monoisotopic (exact) mass is 1750 g/mol. The predicted molar refractivity (Wildman–Crippen MR) is 590 cm³/mol. The van der Waals surface area contributed by atoms with E-state index >= 15 is 0 Å². The van der Waals surface area contributed by atoms with E-state index < -0.39 is 0 Å². The third kappa shape index (κ3) is 12.8. The number of allylic oxidation sites excluding steroid dienone is 2. The standard InChI is InChI=1S/C68H46N2.C66H42N2/c1-3-13-53(14-4-1)69(61-41-31-51-19-17-45-9-7-11-47-29-37-59(61)67(51)63(45)47)55-33-25-43(26-34-55)57-39-40-58(66-50-23-21-49(22-24-50)65(57)66)44-27-35-56(36-28-44)70(54-15-5-2-6-16-54)62-42-32-52-20-18-46-10-8-12-48-30-38-60(62)68(52)64(46)48;1-3-15-51(16-4-1)67(61-41-31-49-23-21-45-11-9-13-47-29-37-59(61)65(49)63(45)47)53-33-25-43(26-34-53)55-39-40-56(58-20-8-7-19-57(55)58)44-27-35-54(36-28-44)68(52-17-5-2-6-18-52)62-42-32-50-24-22-46-12-10-14-48-30-38-60(62)66(50)64(46)48/h1-21,23,25-42,49-50H,22,24H2;1-42H. The molecule has 4 heteroatoms. The van der Waals surface area contributed by atoms with Crippen molar-refractivity contribution in [3.63, 3.8) is 0 Å². The molecule has 2 unspecified atom stereocenters. The van der Waals surface area contributed by atoms with Crippen molar-refractivity contribution in [3.05, 3.63) is 509 Å². The highest BCUT2D eigenvalue weighted by molar-refractivity contribution is 6.30. The first kappa shape index (κ1) is 78.9. The van der Waals surface area contributed by atoms with Gasteiger partial charge < -0.3 is 19.6 Å². The topological polar surface area (TPSA) is 13.0 Å². The van der Waals surface area contributed by atoms with Crippen LogP contribution in [-0.2, 0) is 0 Å². The predicted octanol–water partition coefficient (Wildman–Crippen LogP) is 38.2. The van der Waals surface area contributed by atoms with E-state index in [0.717, 1.165) is 45.5 Å². The second kappa shape index (κ2) is 32.0. The van der Waals surface area contributed by atoms with Crippen LogP contribution in [0.3, 0.4) is 0 Å². The molecule has 138 heavy (non-hydrogen) atoms. The van der Waals surface area contributed by atoms with Gasteiger partial charge in [0.2, 0.25) is 0 Å². The second-order valence-electron chi connectivity index (χ2n) is 37.5. The van der Waals surface area contributed by atoms with E-state index in [1.54, 1.807) is 0 Å². The number of fused-ring (bicyclic) bond motifs is 2. The van der Waals surface area contributed by atoms with Crippen LogP contribution in [-0.4, -0.2) is 0 Å². The van der Waals surface area contributed by atoms with E-state index in [9.17, 15) is 0 Å². The van der Waals surface area contributed by atoms with E-state index in [4.69, 9.17) is 0 Å². The lowest BCUT2D eigenvalue weighted by Gasteiger charge is -2.37. The number of rotatable bonds is 16. The molecule has 2 atom stereocenters. The Balaban J connectivity index is 0.000000136. The van der Waals surface area contributed by atoms with Crippen LogP contribution >= 0.6 is 0 Å². The molecule has 27 aromatic rings. The molecule has 30 rings (SSSR count). The van der Waals surface area contributed by atoms with Crippen molar-refractivity contribution in [3.8, 4) is 44.5 Å². The van der Waals surface area contributed by atoms with Gasteiger partial charge in [-0.1, -0.05) is 376 Å². The quantitative estimate of drug-likeness (QED) is 0.0706. The lowest BCUT2D eigenvalue weighted by atomic mass is 9.67. The maximum atomic E-state index is 2.49. The van der Waals surface area contributed by atoms with Crippen molar-refractivity contribution in [2.45, 2.75) is 24.7 Å². The van der Waals surface area contributed by atoms with Gasteiger partial charge in [0, 0.05) is 78.9 Å². The molecule has 4 nitrogen and oxygen atoms in total. The maximum absolute atomic E-state index is 2.49. The second-order valence-corrected chi connectivity index (χ2v) is 37.5. The third-order valence-corrected chi connectivity index (χ3v) is 30.1. The Morgan fingerprint density at radius 1 is 0.138 bits per heavy atom. The number of nitrogens with zero attached hydrogens (tertiary/aromatic N) is 4. The largest absolute Gasteiger partial charge is 0.310 e. The summed E-state index contributed by atoms with van der Waals surface area (Å²) < 4.78 is 0. The highest BCUT2D eigenvalue weighted by Gasteiger charge is 2.35. The number of hydrogen-bond acceptors (Lipinski definition) is 4. The van der Waals surface area contributed by atoms with Gasteiger partial charge in [-0.2, -0.15) is 0 Å². The van der Waals surface area contributed by atoms with Gasteiger partial charge in [0.1, 0.15) is 0 Å². The lowest BCUT2D eigenvalue weighted by Crippen LogP contribution is -2.19. The van der Waals surface area contributed by atoms with Crippen LogP contribution < -0.4 is 19.6 Å². The Hall–Kier alpha value is -17.7. The molecule has 2 bridgehead atoms. The first-order valence-corrected chi connectivity index (χ1v) is 48.3. The molecule has 644 valence electrons. The molecule has 0 N–H and O–H groups in total. The van der Waals surface area contributed by atoms with E-state index in [2.05, 4.69) is 517 Å². The first-order valence-electron chi connectivity index (χ1n) is 48.3. The molecule has 0 saturated heterocycles. The highest BCUT2D eigenvalue weighted by atomic mass is 15.2. The minimum Gasteiger partial charge on any atom is -0.310 e. The highest BCUT2D eigenvalue weighted by Crippen LogP contribution is 2.56. The first-order chi connectivity index (χ1) is 68.4. The van der Waals surface area contributed by atoms with Crippen LogP contribution in [0.2, 0.25) is 0 Å². The molecule has 0 heterocycles. The summed E-state index contributed by atoms with van der Waals surface area (Å²) in [4.78, 5) is 9.69.